The molecule has 0 N–H and O–H groups in total. The maximum atomic E-state index is 12.4. The Morgan fingerprint density at radius 1 is 1.15 bits per heavy atom. The molecular weight excluding hydrogens is 314 g/mol. The molecule has 0 aliphatic heterocycles. The van der Waals surface area contributed by atoms with Gasteiger partial charge in [0.15, 0.2) is 0 Å². The van der Waals surface area contributed by atoms with Gasteiger partial charge in [0.1, 0.15) is 0 Å². The molecule has 2 nitrogen and oxygen atoms in total. The average Bonchev–Trinajstić information content (AvgIpc) is 2.47. The fourth-order valence-corrected chi connectivity index (χ4v) is 2.43. The summed E-state index contributed by atoms with van der Waals surface area (Å²) in [6.07, 6.45) is 0.871. The Morgan fingerprint density at radius 3 is 2.55 bits per heavy atom. The highest BCUT2D eigenvalue weighted by atomic mass is 79.9. The summed E-state index contributed by atoms with van der Waals surface area (Å²) in [4.78, 5) is 14.2. The van der Waals surface area contributed by atoms with E-state index in [-0.39, 0.29) is 5.91 Å². The minimum absolute atomic E-state index is 0.0692. The fraction of sp³-hybridized carbons (Fsp3) is 0.235. The minimum Gasteiger partial charge on any atom is -0.341 e. The zero-order valence-corrected chi connectivity index (χ0v) is 13.4. The lowest BCUT2D eigenvalue weighted by molar-refractivity contribution is 0.0796. The number of likely N-dealkylation sites (N-methyl/N-ethyl adjacent to an activating group) is 1. The van der Waals surface area contributed by atoms with Gasteiger partial charge in [-0.2, -0.15) is 0 Å². The van der Waals surface area contributed by atoms with Crippen molar-refractivity contribution in [1.29, 1.82) is 0 Å². The molecule has 0 bridgehead atoms. The van der Waals surface area contributed by atoms with Crippen LogP contribution in [-0.4, -0.2) is 24.4 Å². The van der Waals surface area contributed by atoms with E-state index >= 15 is 0 Å². The summed E-state index contributed by atoms with van der Waals surface area (Å²) >= 11 is 3.42. The topological polar surface area (TPSA) is 20.3 Å². The summed E-state index contributed by atoms with van der Waals surface area (Å²) in [6.45, 7) is 2.68. The molecular formula is C17H18BrNO. The van der Waals surface area contributed by atoms with E-state index in [4.69, 9.17) is 0 Å². The molecule has 0 aliphatic rings. The first-order valence-electron chi connectivity index (χ1n) is 6.63. The Hall–Kier alpha value is -1.61. The van der Waals surface area contributed by atoms with Crippen molar-refractivity contribution in [3.05, 3.63) is 69.7 Å². The van der Waals surface area contributed by atoms with Crippen LogP contribution in [0.15, 0.2) is 53.0 Å². The molecule has 0 saturated carbocycles. The van der Waals surface area contributed by atoms with Crippen molar-refractivity contribution in [2.75, 3.05) is 13.6 Å². The molecule has 0 heterocycles. The number of halogens is 1. The van der Waals surface area contributed by atoms with Crippen LogP contribution in [0.3, 0.4) is 0 Å². The van der Waals surface area contributed by atoms with Gasteiger partial charge in [-0.25, -0.2) is 0 Å². The third-order valence-electron chi connectivity index (χ3n) is 3.36. The molecule has 1 amide bonds. The zero-order chi connectivity index (χ0) is 14.5. The molecule has 20 heavy (non-hydrogen) atoms. The number of benzene rings is 2. The maximum Gasteiger partial charge on any atom is 0.253 e. The third-order valence-corrected chi connectivity index (χ3v) is 3.85. The highest BCUT2D eigenvalue weighted by Crippen LogP contribution is 2.17. The van der Waals surface area contributed by atoms with Crippen molar-refractivity contribution in [3.63, 3.8) is 0 Å². The average molecular weight is 332 g/mol. The Balaban J connectivity index is 2.03. The Morgan fingerprint density at radius 2 is 1.85 bits per heavy atom. The highest BCUT2D eigenvalue weighted by molar-refractivity contribution is 9.10. The van der Waals surface area contributed by atoms with E-state index in [1.165, 1.54) is 5.56 Å². The van der Waals surface area contributed by atoms with E-state index < -0.39 is 0 Å². The Labute approximate surface area is 128 Å². The van der Waals surface area contributed by atoms with E-state index in [1.54, 1.807) is 4.90 Å². The van der Waals surface area contributed by atoms with Crippen LogP contribution in [0.5, 0.6) is 0 Å². The van der Waals surface area contributed by atoms with Crippen LogP contribution in [0.25, 0.3) is 0 Å². The second kappa shape index (κ2) is 6.71. The van der Waals surface area contributed by atoms with E-state index in [0.29, 0.717) is 0 Å². The molecule has 0 aromatic heterocycles. The summed E-state index contributed by atoms with van der Waals surface area (Å²) in [5.74, 6) is 0.0692. The highest BCUT2D eigenvalue weighted by Gasteiger charge is 2.14. The molecule has 0 fully saturated rings. The van der Waals surface area contributed by atoms with Gasteiger partial charge in [0.2, 0.25) is 0 Å². The van der Waals surface area contributed by atoms with Crippen molar-refractivity contribution >= 4 is 21.8 Å². The Bertz CT molecular complexity index is 595. The van der Waals surface area contributed by atoms with Gasteiger partial charge >= 0.3 is 0 Å². The number of carbonyl (C=O) groups excluding carboxylic acids is 1. The number of carbonyl (C=O) groups is 1. The van der Waals surface area contributed by atoms with E-state index in [9.17, 15) is 4.79 Å². The largest absolute Gasteiger partial charge is 0.341 e. The molecule has 2 aromatic rings. The zero-order valence-electron chi connectivity index (χ0n) is 11.8. The first-order valence-corrected chi connectivity index (χ1v) is 7.43. The van der Waals surface area contributed by atoms with Crippen molar-refractivity contribution in [2.45, 2.75) is 13.3 Å². The molecule has 2 rings (SSSR count). The molecule has 0 saturated heterocycles. The van der Waals surface area contributed by atoms with Gasteiger partial charge in [-0.1, -0.05) is 52.3 Å². The molecule has 0 aliphatic carbocycles. The quantitative estimate of drug-likeness (QED) is 0.826. The maximum absolute atomic E-state index is 12.4. The Kier molecular flexibility index (Phi) is 4.96. The van der Waals surface area contributed by atoms with Crippen LogP contribution >= 0.6 is 15.9 Å². The van der Waals surface area contributed by atoms with Gasteiger partial charge in [-0.15, -0.1) is 0 Å². The normalized spacial score (nSPS) is 10.3. The SMILES string of the molecule is Cc1ccc(Br)cc1C(=O)N(C)CCc1ccccc1. The van der Waals surface area contributed by atoms with Crippen molar-refractivity contribution in [2.24, 2.45) is 0 Å². The predicted octanol–water partition coefficient (Wildman–Crippen LogP) is 4.07. The molecule has 104 valence electrons. The molecule has 2 aromatic carbocycles. The number of hydrogen-bond donors (Lipinski definition) is 0. The van der Waals surface area contributed by atoms with Crippen LogP contribution < -0.4 is 0 Å². The van der Waals surface area contributed by atoms with Crippen LogP contribution in [0.4, 0.5) is 0 Å². The lowest BCUT2D eigenvalue weighted by atomic mass is 10.1. The summed E-state index contributed by atoms with van der Waals surface area (Å²) in [5, 5.41) is 0. The first-order chi connectivity index (χ1) is 9.58. The summed E-state index contributed by atoms with van der Waals surface area (Å²) < 4.78 is 0.933. The van der Waals surface area contributed by atoms with Gasteiger partial charge in [-0.3, -0.25) is 4.79 Å². The molecule has 0 unspecified atom stereocenters. The lowest BCUT2D eigenvalue weighted by Gasteiger charge is -2.18. The molecule has 0 spiro atoms. The van der Waals surface area contributed by atoms with Crippen LogP contribution in [0.1, 0.15) is 21.5 Å². The van der Waals surface area contributed by atoms with E-state index in [0.717, 1.165) is 28.6 Å². The third kappa shape index (κ3) is 3.70. The number of hydrogen-bond acceptors (Lipinski definition) is 1. The van der Waals surface area contributed by atoms with E-state index in [2.05, 4.69) is 28.1 Å². The van der Waals surface area contributed by atoms with Crippen molar-refractivity contribution < 1.29 is 4.79 Å². The summed E-state index contributed by atoms with van der Waals surface area (Å²) in [6, 6.07) is 16.0. The number of amides is 1. The summed E-state index contributed by atoms with van der Waals surface area (Å²) in [7, 11) is 1.85. The van der Waals surface area contributed by atoms with Gasteiger partial charge in [0, 0.05) is 23.6 Å². The number of nitrogens with zero attached hydrogens (tertiary/aromatic N) is 1. The van der Waals surface area contributed by atoms with E-state index in [1.807, 2.05) is 50.4 Å². The van der Waals surface area contributed by atoms with Crippen LogP contribution in [-0.2, 0) is 6.42 Å². The van der Waals surface area contributed by atoms with Gasteiger partial charge in [0.25, 0.3) is 5.91 Å². The molecule has 0 radical (unpaired) electrons. The second-order valence-electron chi connectivity index (χ2n) is 4.92. The predicted molar refractivity (Wildman–Crippen MR) is 86.0 cm³/mol. The van der Waals surface area contributed by atoms with Crippen molar-refractivity contribution in [1.82, 2.24) is 4.90 Å². The smallest absolute Gasteiger partial charge is 0.253 e. The second-order valence-corrected chi connectivity index (χ2v) is 5.84. The molecule has 0 atom stereocenters. The molecule has 3 heteroatoms. The van der Waals surface area contributed by atoms with Crippen molar-refractivity contribution in [3.8, 4) is 0 Å². The lowest BCUT2D eigenvalue weighted by Crippen LogP contribution is -2.29. The first kappa shape index (κ1) is 14.8. The van der Waals surface area contributed by atoms with Gasteiger partial charge in [-0.05, 0) is 36.6 Å². The standard InChI is InChI=1S/C17H18BrNO/c1-13-8-9-15(18)12-16(13)17(20)19(2)11-10-14-6-4-3-5-7-14/h3-9,12H,10-11H2,1-2H3. The van der Waals surface area contributed by atoms with Gasteiger partial charge < -0.3 is 4.90 Å². The van der Waals surface area contributed by atoms with Crippen LogP contribution in [0.2, 0.25) is 0 Å². The minimum atomic E-state index is 0.0692. The van der Waals surface area contributed by atoms with Crippen LogP contribution in [0, 0.1) is 6.92 Å². The number of rotatable bonds is 4. The summed E-state index contributed by atoms with van der Waals surface area (Å²) in [5.41, 5.74) is 3.01. The monoisotopic (exact) mass is 331 g/mol. The number of aryl methyl sites for hydroxylation is 1. The fourth-order valence-electron chi connectivity index (χ4n) is 2.07. The van der Waals surface area contributed by atoms with Gasteiger partial charge in [0.05, 0.1) is 0 Å².